The Kier molecular flexibility index (Phi) is 5.24. The minimum atomic E-state index is -0.469. The Hall–Kier alpha value is -2.22. The Balaban J connectivity index is 1.68. The number of hydrogen-bond acceptors (Lipinski definition) is 6. The van der Waals surface area contributed by atoms with E-state index in [-0.39, 0.29) is 17.5 Å². The lowest BCUT2D eigenvalue weighted by Crippen LogP contribution is -2.47. The molecule has 128 valence electrons. The molecule has 3 rings (SSSR count). The van der Waals surface area contributed by atoms with Gasteiger partial charge < -0.3 is 19.2 Å². The lowest BCUT2D eigenvalue weighted by molar-refractivity contribution is -0.124. The minimum absolute atomic E-state index is 0.114. The molecular formula is C16H19N3O4S. The van der Waals surface area contributed by atoms with E-state index in [0.29, 0.717) is 29.7 Å². The van der Waals surface area contributed by atoms with E-state index in [1.165, 1.54) is 17.2 Å². The molecule has 7 nitrogen and oxygen atoms in total. The predicted molar refractivity (Wildman–Crippen MR) is 89.4 cm³/mol. The van der Waals surface area contributed by atoms with E-state index >= 15 is 0 Å². The van der Waals surface area contributed by atoms with Crippen molar-refractivity contribution in [2.45, 2.75) is 25.8 Å². The first-order valence-electron chi connectivity index (χ1n) is 7.87. The van der Waals surface area contributed by atoms with Gasteiger partial charge in [-0.25, -0.2) is 0 Å². The highest BCUT2D eigenvalue weighted by molar-refractivity contribution is 7.99. The average molecular weight is 349 g/mol. The van der Waals surface area contributed by atoms with Crippen molar-refractivity contribution in [1.82, 2.24) is 15.4 Å². The van der Waals surface area contributed by atoms with Gasteiger partial charge in [0.2, 0.25) is 11.7 Å². The van der Waals surface area contributed by atoms with E-state index in [4.69, 9.17) is 8.94 Å². The zero-order valence-corrected chi connectivity index (χ0v) is 14.2. The molecule has 1 aliphatic rings. The molecule has 0 aliphatic carbocycles. The SMILES string of the molecule is CCCCNC(=O)[C@H]1CSCN1C(=O)c1cc(-c2ccco2)on1. The topological polar surface area (TPSA) is 88.6 Å². The summed E-state index contributed by atoms with van der Waals surface area (Å²) < 4.78 is 10.4. The van der Waals surface area contributed by atoms with Gasteiger partial charge in [0.25, 0.3) is 5.91 Å². The first-order chi connectivity index (χ1) is 11.7. The van der Waals surface area contributed by atoms with Crippen molar-refractivity contribution >= 4 is 23.6 Å². The van der Waals surface area contributed by atoms with Gasteiger partial charge >= 0.3 is 0 Å². The number of thioether (sulfide) groups is 1. The van der Waals surface area contributed by atoms with Gasteiger partial charge in [0.1, 0.15) is 6.04 Å². The van der Waals surface area contributed by atoms with Gasteiger partial charge in [-0.1, -0.05) is 18.5 Å². The number of rotatable bonds is 6. The number of amides is 2. The third kappa shape index (κ3) is 3.48. The van der Waals surface area contributed by atoms with Crippen LogP contribution in [0.25, 0.3) is 11.5 Å². The standard InChI is InChI=1S/C16H19N3O4S/c1-2-3-6-17-15(20)12-9-24-10-19(12)16(21)11-8-14(23-18-11)13-5-4-7-22-13/h4-5,7-8,12H,2-3,6,9-10H2,1H3,(H,17,20)/t12-/m1/s1. The highest BCUT2D eigenvalue weighted by Gasteiger charge is 2.36. The third-order valence-electron chi connectivity index (χ3n) is 3.77. The van der Waals surface area contributed by atoms with E-state index in [2.05, 4.69) is 17.4 Å². The van der Waals surface area contributed by atoms with Crippen molar-refractivity contribution in [2.75, 3.05) is 18.2 Å². The van der Waals surface area contributed by atoms with Crippen LogP contribution in [-0.4, -0.2) is 46.1 Å². The zero-order valence-electron chi connectivity index (χ0n) is 13.4. The van der Waals surface area contributed by atoms with Gasteiger partial charge in [0.15, 0.2) is 11.5 Å². The molecule has 3 heterocycles. The minimum Gasteiger partial charge on any atom is -0.461 e. The van der Waals surface area contributed by atoms with Gasteiger partial charge in [-0.3, -0.25) is 9.59 Å². The second kappa shape index (κ2) is 7.57. The van der Waals surface area contributed by atoms with Crippen LogP contribution in [0.4, 0.5) is 0 Å². The van der Waals surface area contributed by atoms with Crippen LogP contribution in [0.5, 0.6) is 0 Å². The summed E-state index contributed by atoms with van der Waals surface area (Å²) in [7, 11) is 0. The Bertz CT molecular complexity index is 698. The molecule has 1 N–H and O–H groups in total. The maximum atomic E-state index is 12.7. The fourth-order valence-corrected chi connectivity index (χ4v) is 3.58. The van der Waals surface area contributed by atoms with Gasteiger partial charge in [0.05, 0.1) is 12.1 Å². The molecule has 24 heavy (non-hydrogen) atoms. The summed E-state index contributed by atoms with van der Waals surface area (Å²) in [6.07, 6.45) is 3.46. The van der Waals surface area contributed by atoms with Gasteiger partial charge in [-0.2, -0.15) is 0 Å². The molecule has 2 aromatic rings. The Morgan fingerprint density at radius 3 is 3.08 bits per heavy atom. The van der Waals surface area contributed by atoms with E-state index in [1.54, 1.807) is 23.9 Å². The van der Waals surface area contributed by atoms with Crippen LogP contribution < -0.4 is 5.32 Å². The summed E-state index contributed by atoms with van der Waals surface area (Å²) in [6.45, 7) is 2.69. The predicted octanol–water partition coefficient (Wildman–Crippen LogP) is 2.37. The van der Waals surface area contributed by atoms with Crippen LogP contribution >= 0.6 is 11.8 Å². The molecular weight excluding hydrogens is 330 g/mol. The smallest absolute Gasteiger partial charge is 0.277 e. The number of nitrogens with zero attached hydrogens (tertiary/aromatic N) is 2. The molecule has 1 atom stereocenters. The van der Waals surface area contributed by atoms with Crippen LogP contribution in [0.2, 0.25) is 0 Å². The van der Waals surface area contributed by atoms with Crippen molar-refractivity contribution in [3.05, 3.63) is 30.2 Å². The second-order valence-corrected chi connectivity index (χ2v) is 6.49. The molecule has 0 radical (unpaired) electrons. The van der Waals surface area contributed by atoms with Crippen LogP contribution in [0, 0.1) is 0 Å². The summed E-state index contributed by atoms with van der Waals surface area (Å²) in [4.78, 5) is 26.5. The first kappa shape index (κ1) is 16.6. The van der Waals surface area contributed by atoms with Gasteiger partial charge in [-0.05, 0) is 18.6 Å². The van der Waals surface area contributed by atoms with E-state index in [0.717, 1.165) is 12.8 Å². The fraction of sp³-hybridized carbons (Fsp3) is 0.438. The Labute approximate surface area is 143 Å². The molecule has 1 fully saturated rings. The van der Waals surface area contributed by atoms with E-state index in [9.17, 15) is 9.59 Å². The molecule has 0 unspecified atom stereocenters. The van der Waals surface area contributed by atoms with E-state index < -0.39 is 6.04 Å². The maximum absolute atomic E-state index is 12.7. The fourth-order valence-electron chi connectivity index (χ4n) is 2.42. The number of carbonyl (C=O) groups is 2. The number of hydrogen-bond donors (Lipinski definition) is 1. The van der Waals surface area contributed by atoms with Gasteiger partial charge in [-0.15, -0.1) is 11.8 Å². The normalized spacial score (nSPS) is 17.2. The second-order valence-electron chi connectivity index (χ2n) is 5.49. The van der Waals surface area contributed by atoms with Crippen LogP contribution in [0.3, 0.4) is 0 Å². The molecule has 8 heteroatoms. The van der Waals surface area contributed by atoms with Crippen molar-refractivity contribution in [3.8, 4) is 11.5 Å². The lowest BCUT2D eigenvalue weighted by atomic mass is 10.2. The van der Waals surface area contributed by atoms with Crippen molar-refractivity contribution in [1.29, 1.82) is 0 Å². The number of carbonyl (C=O) groups excluding carboxylic acids is 2. The number of furan rings is 1. The van der Waals surface area contributed by atoms with E-state index in [1.807, 2.05) is 0 Å². The Morgan fingerprint density at radius 1 is 1.46 bits per heavy atom. The molecule has 0 bridgehead atoms. The van der Waals surface area contributed by atoms with Crippen LogP contribution in [0.15, 0.2) is 33.4 Å². The molecule has 1 saturated heterocycles. The zero-order chi connectivity index (χ0) is 16.9. The molecule has 1 aliphatic heterocycles. The summed E-state index contributed by atoms with van der Waals surface area (Å²) in [5.41, 5.74) is 0.176. The lowest BCUT2D eigenvalue weighted by Gasteiger charge is -2.21. The van der Waals surface area contributed by atoms with Crippen molar-refractivity contribution in [3.63, 3.8) is 0 Å². The quantitative estimate of drug-likeness (QED) is 0.806. The van der Waals surface area contributed by atoms with Gasteiger partial charge in [0, 0.05) is 18.4 Å². The van der Waals surface area contributed by atoms with Crippen LogP contribution in [-0.2, 0) is 4.79 Å². The monoisotopic (exact) mass is 349 g/mol. The molecule has 2 aromatic heterocycles. The summed E-state index contributed by atoms with van der Waals surface area (Å²) in [5.74, 6) is 1.53. The number of aromatic nitrogens is 1. The van der Waals surface area contributed by atoms with Crippen molar-refractivity contribution < 1.29 is 18.5 Å². The molecule has 0 spiro atoms. The highest BCUT2D eigenvalue weighted by atomic mass is 32.2. The summed E-state index contributed by atoms with van der Waals surface area (Å²) >= 11 is 1.55. The summed E-state index contributed by atoms with van der Waals surface area (Å²) in [5, 5.41) is 6.70. The molecule has 2 amide bonds. The van der Waals surface area contributed by atoms with Crippen molar-refractivity contribution in [2.24, 2.45) is 0 Å². The average Bonchev–Trinajstić information content (AvgIpc) is 3.34. The maximum Gasteiger partial charge on any atom is 0.277 e. The molecule has 0 saturated carbocycles. The Morgan fingerprint density at radius 2 is 2.33 bits per heavy atom. The number of unbranched alkanes of at least 4 members (excludes halogenated alkanes) is 1. The van der Waals surface area contributed by atoms with Crippen LogP contribution in [0.1, 0.15) is 30.3 Å². The first-order valence-corrected chi connectivity index (χ1v) is 9.03. The largest absolute Gasteiger partial charge is 0.461 e. The third-order valence-corrected chi connectivity index (χ3v) is 4.78. The number of nitrogens with one attached hydrogen (secondary N) is 1. The highest BCUT2D eigenvalue weighted by Crippen LogP contribution is 2.25. The molecule has 0 aromatic carbocycles. The summed E-state index contributed by atoms with van der Waals surface area (Å²) in [6, 6.07) is 4.52.